The number of amides is 2. The molecular weight excluding hydrogens is 360 g/mol. The van der Waals surface area contributed by atoms with E-state index in [-0.39, 0.29) is 19.1 Å². The summed E-state index contributed by atoms with van der Waals surface area (Å²) in [5.74, 6) is 1.04. The monoisotopic (exact) mass is 384 g/mol. The molecule has 7 heteroatoms. The predicted molar refractivity (Wildman–Crippen MR) is 103 cm³/mol. The lowest BCUT2D eigenvalue weighted by Gasteiger charge is -2.25. The van der Waals surface area contributed by atoms with Crippen molar-refractivity contribution in [1.82, 2.24) is 10.9 Å². The van der Waals surface area contributed by atoms with Crippen molar-refractivity contribution in [2.24, 2.45) is 0 Å². The molecule has 1 aliphatic rings. The number of carbonyl (C=O) groups excluding carboxylic acids is 2. The van der Waals surface area contributed by atoms with Crippen LogP contribution in [0.5, 0.6) is 17.2 Å². The van der Waals surface area contributed by atoms with Gasteiger partial charge < -0.3 is 14.2 Å². The first-order valence-electron chi connectivity index (χ1n) is 9.14. The van der Waals surface area contributed by atoms with Crippen molar-refractivity contribution in [3.05, 3.63) is 53.6 Å². The summed E-state index contributed by atoms with van der Waals surface area (Å²) in [7, 11) is 0. The highest BCUT2D eigenvalue weighted by Crippen LogP contribution is 2.31. The number of hydrazine groups is 1. The number of hydrogen-bond donors (Lipinski definition) is 2. The van der Waals surface area contributed by atoms with Crippen LogP contribution in [-0.2, 0) is 9.59 Å². The molecule has 0 fully saturated rings. The molecule has 2 aromatic rings. The van der Waals surface area contributed by atoms with Gasteiger partial charge in [-0.1, -0.05) is 38.1 Å². The van der Waals surface area contributed by atoms with Crippen molar-refractivity contribution in [2.75, 3.05) is 13.2 Å². The second-order valence-electron chi connectivity index (χ2n) is 6.89. The maximum Gasteiger partial charge on any atom is 0.283 e. The molecule has 0 aromatic heterocycles. The molecule has 0 saturated heterocycles. The number of para-hydroxylation sites is 2. The van der Waals surface area contributed by atoms with Gasteiger partial charge in [0.1, 0.15) is 12.4 Å². The fourth-order valence-corrected chi connectivity index (χ4v) is 2.78. The molecule has 28 heavy (non-hydrogen) atoms. The molecule has 2 amide bonds. The summed E-state index contributed by atoms with van der Waals surface area (Å²) in [6.45, 7) is 5.93. The smallest absolute Gasteiger partial charge is 0.283 e. The number of ether oxygens (including phenoxy) is 3. The highest BCUT2D eigenvalue weighted by atomic mass is 16.6. The topological polar surface area (TPSA) is 85.9 Å². The summed E-state index contributed by atoms with van der Waals surface area (Å²) in [6.07, 6.45) is -0.847. The zero-order valence-corrected chi connectivity index (χ0v) is 16.2. The van der Waals surface area contributed by atoms with E-state index in [2.05, 4.69) is 24.7 Å². The van der Waals surface area contributed by atoms with Gasteiger partial charge in [0.15, 0.2) is 18.1 Å². The van der Waals surface area contributed by atoms with E-state index in [0.29, 0.717) is 17.2 Å². The van der Waals surface area contributed by atoms with Gasteiger partial charge in [0.05, 0.1) is 0 Å². The zero-order chi connectivity index (χ0) is 20.1. The zero-order valence-electron chi connectivity index (χ0n) is 16.2. The lowest BCUT2D eigenvalue weighted by molar-refractivity contribution is -0.135. The molecule has 148 valence electrons. The van der Waals surface area contributed by atoms with Crippen LogP contribution in [0, 0.1) is 6.92 Å². The third-order valence-electron chi connectivity index (χ3n) is 4.28. The van der Waals surface area contributed by atoms with Gasteiger partial charge in [-0.2, -0.15) is 0 Å². The maximum atomic E-state index is 12.2. The number of hydrogen-bond acceptors (Lipinski definition) is 5. The van der Waals surface area contributed by atoms with Gasteiger partial charge >= 0.3 is 0 Å². The van der Waals surface area contributed by atoms with Crippen LogP contribution in [0.2, 0.25) is 0 Å². The molecule has 7 nitrogen and oxygen atoms in total. The van der Waals surface area contributed by atoms with Gasteiger partial charge in [-0.25, -0.2) is 0 Å². The lowest BCUT2D eigenvalue weighted by Crippen LogP contribution is -2.51. The summed E-state index contributed by atoms with van der Waals surface area (Å²) in [4.78, 5) is 24.2. The van der Waals surface area contributed by atoms with Crippen molar-refractivity contribution in [3.8, 4) is 17.2 Å². The first kappa shape index (κ1) is 19.5. The largest absolute Gasteiger partial charge is 0.485 e. The summed E-state index contributed by atoms with van der Waals surface area (Å²) in [5.41, 5.74) is 6.75. The standard InChI is InChI=1S/C21H24N2O5/c1-13(2)15-9-8-14(3)10-18(15)27-12-20(24)22-23-21(25)19-11-26-16-6-4-5-7-17(16)28-19/h4-10,13,19H,11-12H2,1-3H3,(H,22,24)(H,23,25). The highest BCUT2D eigenvalue weighted by Gasteiger charge is 2.27. The van der Waals surface area contributed by atoms with E-state index in [4.69, 9.17) is 14.2 Å². The van der Waals surface area contributed by atoms with E-state index in [0.717, 1.165) is 11.1 Å². The maximum absolute atomic E-state index is 12.2. The second kappa shape index (κ2) is 8.65. The van der Waals surface area contributed by atoms with Crippen LogP contribution in [0.25, 0.3) is 0 Å². The number of fused-ring (bicyclic) bond motifs is 1. The molecule has 1 atom stereocenters. The Morgan fingerprint density at radius 1 is 1.14 bits per heavy atom. The minimum Gasteiger partial charge on any atom is -0.485 e. The third-order valence-corrected chi connectivity index (χ3v) is 4.28. The number of benzene rings is 2. The van der Waals surface area contributed by atoms with E-state index in [1.807, 2.05) is 31.2 Å². The van der Waals surface area contributed by atoms with Gasteiger partial charge in [-0.15, -0.1) is 0 Å². The van der Waals surface area contributed by atoms with Crippen LogP contribution in [0.3, 0.4) is 0 Å². The van der Waals surface area contributed by atoms with Gasteiger partial charge in [0.2, 0.25) is 6.10 Å². The molecule has 0 aliphatic carbocycles. The summed E-state index contributed by atoms with van der Waals surface area (Å²) in [5, 5.41) is 0. The Bertz CT molecular complexity index is 866. The summed E-state index contributed by atoms with van der Waals surface area (Å²) >= 11 is 0. The number of rotatable bonds is 5. The van der Waals surface area contributed by atoms with Crippen LogP contribution in [0.15, 0.2) is 42.5 Å². The molecule has 2 aromatic carbocycles. The van der Waals surface area contributed by atoms with Gasteiger partial charge in [0.25, 0.3) is 11.8 Å². The Balaban J connectivity index is 1.49. The number of nitrogens with one attached hydrogen (secondary N) is 2. The average Bonchev–Trinajstić information content (AvgIpc) is 2.69. The van der Waals surface area contributed by atoms with E-state index in [1.54, 1.807) is 18.2 Å². The van der Waals surface area contributed by atoms with Crippen molar-refractivity contribution in [1.29, 1.82) is 0 Å². The second-order valence-corrected chi connectivity index (χ2v) is 6.89. The average molecular weight is 384 g/mol. The lowest BCUT2D eigenvalue weighted by atomic mass is 10.0. The van der Waals surface area contributed by atoms with E-state index in [1.165, 1.54) is 0 Å². The molecule has 0 saturated carbocycles. The third kappa shape index (κ3) is 4.73. The Morgan fingerprint density at radius 2 is 1.89 bits per heavy atom. The minimum absolute atomic E-state index is 0.0657. The van der Waals surface area contributed by atoms with Gasteiger partial charge in [-0.05, 0) is 42.2 Å². The van der Waals surface area contributed by atoms with Crippen molar-refractivity contribution in [2.45, 2.75) is 32.8 Å². The van der Waals surface area contributed by atoms with Crippen molar-refractivity contribution in [3.63, 3.8) is 0 Å². The molecule has 0 radical (unpaired) electrons. The Morgan fingerprint density at radius 3 is 2.64 bits per heavy atom. The van der Waals surface area contributed by atoms with E-state index >= 15 is 0 Å². The van der Waals surface area contributed by atoms with Crippen LogP contribution < -0.4 is 25.1 Å². The van der Waals surface area contributed by atoms with E-state index in [9.17, 15) is 9.59 Å². The molecular formula is C21H24N2O5. The summed E-state index contributed by atoms with van der Waals surface area (Å²) < 4.78 is 16.7. The van der Waals surface area contributed by atoms with Crippen LogP contribution >= 0.6 is 0 Å². The predicted octanol–water partition coefficient (Wildman–Crippen LogP) is 2.48. The first-order chi connectivity index (χ1) is 13.4. The Kier molecular flexibility index (Phi) is 6.03. The van der Waals surface area contributed by atoms with Crippen molar-refractivity contribution < 1.29 is 23.8 Å². The van der Waals surface area contributed by atoms with Gasteiger partial charge in [-0.3, -0.25) is 20.4 Å². The fraction of sp³-hybridized carbons (Fsp3) is 0.333. The molecule has 1 unspecified atom stereocenters. The first-order valence-corrected chi connectivity index (χ1v) is 9.14. The summed E-state index contributed by atoms with van der Waals surface area (Å²) in [6, 6.07) is 13.0. The highest BCUT2D eigenvalue weighted by molar-refractivity contribution is 5.85. The van der Waals surface area contributed by atoms with Gasteiger partial charge in [0, 0.05) is 0 Å². The number of carbonyl (C=O) groups is 2. The molecule has 2 N–H and O–H groups in total. The van der Waals surface area contributed by atoms with Crippen LogP contribution in [0.1, 0.15) is 30.9 Å². The molecule has 1 heterocycles. The Labute approximate surface area is 164 Å². The fourth-order valence-electron chi connectivity index (χ4n) is 2.78. The van der Waals surface area contributed by atoms with Crippen LogP contribution in [-0.4, -0.2) is 31.1 Å². The normalized spacial score (nSPS) is 15.1. The molecule has 0 bridgehead atoms. The SMILES string of the molecule is Cc1ccc(C(C)C)c(OCC(=O)NNC(=O)C2COc3ccccc3O2)c1. The molecule has 0 spiro atoms. The van der Waals surface area contributed by atoms with E-state index < -0.39 is 17.9 Å². The number of aryl methyl sites for hydroxylation is 1. The van der Waals surface area contributed by atoms with Crippen LogP contribution in [0.4, 0.5) is 0 Å². The van der Waals surface area contributed by atoms with Crippen molar-refractivity contribution >= 4 is 11.8 Å². The molecule has 3 rings (SSSR count). The molecule has 1 aliphatic heterocycles. The quantitative estimate of drug-likeness (QED) is 0.774. The Hall–Kier alpha value is -3.22. The minimum atomic E-state index is -0.847.